The lowest BCUT2D eigenvalue weighted by Gasteiger charge is -2.26. The van der Waals surface area contributed by atoms with Crippen molar-refractivity contribution in [3.05, 3.63) is 90.5 Å². The van der Waals surface area contributed by atoms with Crippen LogP contribution in [0, 0.1) is 17.8 Å². The molecule has 10 N–H and O–H groups in total. The highest BCUT2D eigenvalue weighted by Crippen LogP contribution is 2.25. The van der Waals surface area contributed by atoms with Crippen molar-refractivity contribution in [3.8, 4) is 5.75 Å². The quantitative estimate of drug-likeness (QED) is 0.00835. The molecule has 22 heteroatoms. The van der Waals surface area contributed by atoms with E-state index in [0.717, 1.165) is 34.9 Å². The molecule has 3 aromatic carbocycles. The van der Waals surface area contributed by atoms with E-state index in [1.54, 1.807) is 0 Å². The van der Waals surface area contributed by atoms with Gasteiger partial charge < -0.3 is 62.5 Å². The van der Waals surface area contributed by atoms with Crippen LogP contribution in [0.1, 0.15) is 143 Å². The van der Waals surface area contributed by atoms with Crippen LogP contribution in [0.25, 0.3) is 10.8 Å². The van der Waals surface area contributed by atoms with Gasteiger partial charge in [-0.3, -0.25) is 48.3 Å². The van der Waals surface area contributed by atoms with Crippen molar-refractivity contribution in [2.24, 2.45) is 39.2 Å². The van der Waals surface area contributed by atoms with Crippen LogP contribution >= 0.6 is 0 Å². The van der Waals surface area contributed by atoms with Crippen LogP contribution in [0.5, 0.6) is 5.75 Å². The number of benzene rings is 3. The first kappa shape index (κ1) is 75.2. The Morgan fingerprint density at radius 3 is 1.89 bits per heavy atom. The van der Waals surface area contributed by atoms with E-state index in [2.05, 4.69) is 67.2 Å². The molecule has 4 amide bonds. The first-order chi connectivity index (χ1) is 42.4. The second kappa shape index (κ2) is 40.5. The number of aliphatic imine (C=N–C) groups is 2. The first-order valence-corrected chi connectivity index (χ1v) is 31.2. The van der Waals surface area contributed by atoms with Gasteiger partial charge in [0.05, 0.1) is 24.7 Å². The number of rotatable bonds is 43. The molecule has 0 unspecified atom stereocenters. The molecule has 0 heterocycles. The van der Waals surface area contributed by atoms with Crippen LogP contribution < -0.4 is 48.1 Å². The van der Waals surface area contributed by atoms with Crippen LogP contribution in [0.3, 0.4) is 0 Å². The predicted octanol–water partition coefficient (Wildman–Crippen LogP) is 5.75. The zero-order valence-electron chi connectivity index (χ0n) is 54.1. The summed E-state index contributed by atoms with van der Waals surface area (Å²) in [6.07, 6.45) is 4.30. The summed E-state index contributed by atoms with van der Waals surface area (Å²) in [5.41, 5.74) is 12.7. The zero-order chi connectivity index (χ0) is 65.9. The van der Waals surface area contributed by atoms with Gasteiger partial charge in [0.15, 0.2) is 29.3 Å². The number of hydrogen-bond acceptors (Lipinski definition) is 14. The number of ether oxygens (including phenoxy) is 2. The molecule has 0 fully saturated rings. The Morgan fingerprint density at radius 2 is 1.27 bits per heavy atom. The van der Waals surface area contributed by atoms with Gasteiger partial charge >= 0.3 is 5.97 Å². The molecule has 6 atom stereocenters. The number of guanidine groups is 2. The van der Waals surface area contributed by atoms with Crippen molar-refractivity contribution in [3.63, 3.8) is 0 Å². The molecule has 0 radical (unpaired) electrons. The second-order valence-corrected chi connectivity index (χ2v) is 24.0. The van der Waals surface area contributed by atoms with E-state index in [-0.39, 0.29) is 101 Å². The molecular weight excluding hydrogens is 1130 g/mol. The van der Waals surface area contributed by atoms with Crippen molar-refractivity contribution < 1.29 is 52.6 Å². The Labute approximate surface area is 526 Å². The third-order valence-electron chi connectivity index (χ3n) is 15.1. The summed E-state index contributed by atoms with van der Waals surface area (Å²) < 4.78 is 11.1. The minimum Gasteiger partial charge on any atom is -0.488 e. The molecule has 0 aliphatic rings. The summed E-state index contributed by atoms with van der Waals surface area (Å²) in [4.78, 5) is 135. The summed E-state index contributed by atoms with van der Waals surface area (Å²) >= 11 is 0. The van der Waals surface area contributed by atoms with Crippen LogP contribution in [0.4, 0.5) is 0 Å². The molecule has 3 aromatic rings. The van der Waals surface area contributed by atoms with E-state index in [1.807, 2.05) is 101 Å². The van der Waals surface area contributed by atoms with E-state index in [0.29, 0.717) is 50.7 Å². The number of nitrogens with zero attached hydrogens (tertiary/aromatic N) is 3. The maximum Gasteiger partial charge on any atom is 0.306 e. The minimum absolute atomic E-state index is 0.0556. The monoisotopic (exact) mass is 1240 g/mol. The maximum absolute atomic E-state index is 15.0. The SMILES string of the molecule is C=CCOC(=O)CC[C@H](CC(=O)CNC(=O)[C@@H](CC(=O)[C@@H](CCCNC(N)=NC)NC(=O)[C@H](CCCCN(C)C(C)C)CC(=O)[C@H](Cc1ccc(OC(C)(C)C)cc1)NC(=O)CCC)Cc1ccc2ccccc2c1)C(=O)N[C@H](C=O)CCCNC(N)=NC. The topological polar surface area (TPSA) is 324 Å². The third-order valence-corrected chi connectivity index (χ3v) is 15.1. The number of amides is 4. The van der Waals surface area contributed by atoms with Gasteiger partial charge in [-0.05, 0) is 146 Å². The van der Waals surface area contributed by atoms with Crippen molar-refractivity contribution in [1.29, 1.82) is 0 Å². The number of ketones is 3. The van der Waals surface area contributed by atoms with E-state index in [1.165, 1.54) is 20.2 Å². The zero-order valence-corrected chi connectivity index (χ0v) is 54.1. The fourth-order valence-corrected chi connectivity index (χ4v) is 9.85. The van der Waals surface area contributed by atoms with Gasteiger partial charge in [0, 0.05) is 83.1 Å². The number of carbonyl (C=O) groups is 9. The molecule has 0 bridgehead atoms. The van der Waals surface area contributed by atoms with Gasteiger partial charge in [-0.15, -0.1) is 0 Å². The van der Waals surface area contributed by atoms with Crippen molar-refractivity contribution in [1.82, 2.24) is 36.8 Å². The van der Waals surface area contributed by atoms with E-state index in [9.17, 15) is 38.4 Å². The van der Waals surface area contributed by atoms with E-state index in [4.69, 9.17) is 20.9 Å². The Hall–Kier alpha value is -8.01. The average Bonchev–Trinajstić information content (AvgIpc) is 2.38. The van der Waals surface area contributed by atoms with Crippen LogP contribution in [0.15, 0.2) is 89.4 Å². The number of aldehydes is 1. The number of hydrogen-bond donors (Lipinski definition) is 8. The number of carbonyl (C=O) groups excluding carboxylic acids is 9. The molecule has 0 aliphatic heterocycles. The molecule has 0 saturated carbocycles. The number of nitrogens with one attached hydrogen (secondary N) is 6. The van der Waals surface area contributed by atoms with Gasteiger partial charge in [0.2, 0.25) is 23.6 Å². The van der Waals surface area contributed by atoms with Gasteiger partial charge in [0.25, 0.3) is 0 Å². The molecule has 89 heavy (non-hydrogen) atoms. The van der Waals surface area contributed by atoms with Gasteiger partial charge in [-0.1, -0.05) is 80.6 Å². The Bertz CT molecular complexity index is 2830. The maximum atomic E-state index is 15.0. The highest BCUT2D eigenvalue weighted by Gasteiger charge is 2.33. The molecule has 0 spiro atoms. The third kappa shape index (κ3) is 30.2. The fraction of sp³-hybridized carbons (Fsp3) is 0.567. The molecule has 22 nitrogen and oxygen atoms in total. The van der Waals surface area contributed by atoms with Gasteiger partial charge in [0.1, 0.15) is 24.2 Å². The number of unbranched alkanes of at least 4 members (excludes halogenated alkanes) is 1. The average molecular weight is 1240 g/mol. The summed E-state index contributed by atoms with van der Waals surface area (Å²) in [6.45, 7) is 16.2. The van der Waals surface area contributed by atoms with Crippen LogP contribution in [-0.2, 0) is 60.7 Å². The summed E-state index contributed by atoms with van der Waals surface area (Å²) in [5.74, 6) is -6.16. The molecule has 490 valence electrons. The molecule has 0 aliphatic carbocycles. The Balaban J connectivity index is 2.01. The fourth-order valence-electron chi connectivity index (χ4n) is 9.85. The lowest BCUT2D eigenvalue weighted by Crippen LogP contribution is -2.48. The lowest BCUT2D eigenvalue weighted by molar-refractivity contribution is -0.143. The van der Waals surface area contributed by atoms with Gasteiger partial charge in [-0.25, -0.2) is 0 Å². The smallest absolute Gasteiger partial charge is 0.306 e. The van der Waals surface area contributed by atoms with Crippen LogP contribution in [0.2, 0.25) is 0 Å². The molecule has 0 saturated heterocycles. The molecule has 3 rings (SSSR count). The molecule has 0 aromatic heterocycles. The van der Waals surface area contributed by atoms with E-state index >= 15 is 4.79 Å². The normalized spacial score (nSPS) is 13.9. The number of esters is 1. The number of Topliss-reactive ketones (excluding diaryl/α,β-unsaturated/α-hetero) is 3. The Morgan fingerprint density at radius 1 is 0.663 bits per heavy atom. The number of nitrogens with two attached hydrogens (primary N) is 2. The lowest BCUT2D eigenvalue weighted by atomic mass is 9.88. The minimum atomic E-state index is -1.15. The van der Waals surface area contributed by atoms with Crippen molar-refractivity contribution >= 4 is 75.9 Å². The predicted molar refractivity (Wildman–Crippen MR) is 349 cm³/mol. The summed E-state index contributed by atoms with van der Waals surface area (Å²) in [5, 5.41) is 19.1. The van der Waals surface area contributed by atoms with Crippen molar-refractivity contribution in [2.75, 3.05) is 53.9 Å². The summed E-state index contributed by atoms with van der Waals surface area (Å²) in [7, 11) is 5.06. The highest BCUT2D eigenvalue weighted by molar-refractivity contribution is 5.97. The summed E-state index contributed by atoms with van der Waals surface area (Å²) in [6, 6.07) is 18.0. The second-order valence-electron chi connectivity index (χ2n) is 24.0. The van der Waals surface area contributed by atoms with Crippen LogP contribution in [-0.4, -0.2) is 154 Å². The van der Waals surface area contributed by atoms with Gasteiger partial charge in [-0.2, -0.15) is 0 Å². The standard InChI is InChI=1S/C67H101N11O11/c1-11-19-60(83)76-57(39-46-26-30-55(31-27-46)89-67(5,6)7)59(82)41-50(22-15-16-35-78(10)45(3)4)64(87)77-56(24-18-34-73-66(69)71-9)58(81)42-52(38-47-25-28-48-20-13-14-21-49(48)37-47)62(85)74-43-54(80)40-51(29-32-61(84)88-36-12-2)63(86)75-53(44-79)23-17-33-72-65(68)70-8/h12-14,20-21,25-28,30-31,37,44-45,50-53,56-57H,2,11,15-19,22-24,29,32-36,38-43H2,1,3-10H3,(H,74,85)(H,75,86)(H,76,83)(H,77,87)(H3,68,70,72)(H3,69,71,73)/t50-,51-,52-,53+,56-,57+/m1/s1. The van der Waals surface area contributed by atoms with Crippen molar-refractivity contribution in [2.45, 2.75) is 174 Å². The molecular formula is C67H101N11O11. The largest absolute Gasteiger partial charge is 0.488 e. The highest BCUT2D eigenvalue weighted by atomic mass is 16.5. The number of fused-ring (bicyclic) bond motifs is 1. The first-order valence-electron chi connectivity index (χ1n) is 31.2. The van der Waals surface area contributed by atoms with E-state index < -0.39 is 89.7 Å². The Kier molecular flexibility index (Phi) is 34.3.